The van der Waals surface area contributed by atoms with E-state index in [2.05, 4.69) is 27.7 Å². The summed E-state index contributed by atoms with van der Waals surface area (Å²) in [6, 6.07) is 0. The van der Waals surface area contributed by atoms with Gasteiger partial charge >= 0.3 is 0 Å². The van der Waals surface area contributed by atoms with Gasteiger partial charge in [0.15, 0.2) is 12.1 Å². The van der Waals surface area contributed by atoms with Crippen LogP contribution in [-0.2, 0) is 18.9 Å². The van der Waals surface area contributed by atoms with Crippen molar-refractivity contribution in [2.24, 2.45) is 52.3 Å². The van der Waals surface area contributed by atoms with E-state index in [1.807, 2.05) is 0 Å². The number of ether oxygens (including phenoxy) is 4. The molecule has 0 amide bonds. The van der Waals surface area contributed by atoms with E-state index >= 15 is 0 Å². The predicted molar refractivity (Wildman–Crippen MR) is 147 cm³/mol. The van der Waals surface area contributed by atoms with Crippen LogP contribution in [0.15, 0.2) is 0 Å². The lowest BCUT2D eigenvalue weighted by molar-refractivity contribution is -0.328. The number of aliphatic hydroxyl groups is 5. The largest absolute Gasteiger partial charge is 0.390 e. The molecule has 3 heterocycles. The molecule has 4 saturated carbocycles. The number of fused-ring (bicyclic) bond motifs is 7. The molecule has 1 spiro atoms. The first-order valence-corrected chi connectivity index (χ1v) is 16.4. The standard InChI is InChI=1S/C32H52O9/c1-15-7-10-32(39-13-15)16(2)24-23(41-32)12-20-18-6-5-17-11-21(33)26(36)28(31(17,4)19(18)8-9-30(20,24)3)40-29-27(37)25(35)22(34)14-38-29/h15-29,33-37H,5-14H2,1-4H3/t15-,16-,17+,18-,19-,20+,21-,22+,23+,24+,25-,26-,27-,28-,29+,30-,31+,32-/m1/s1. The second-order valence-corrected chi connectivity index (χ2v) is 15.6. The van der Waals surface area contributed by atoms with Gasteiger partial charge in [-0.25, -0.2) is 0 Å². The van der Waals surface area contributed by atoms with Crippen molar-refractivity contribution in [2.75, 3.05) is 13.2 Å². The average Bonchev–Trinajstić information content (AvgIpc) is 3.39. The smallest absolute Gasteiger partial charge is 0.186 e. The number of rotatable bonds is 2. The maximum atomic E-state index is 11.4. The Balaban J connectivity index is 1.15. The molecule has 0 aromatic heterocycles. The molecule has 0 aromatic carbocycles. The monoisotopic (exact) mass is 580 g/mol. The van der Waals surface area contributed by atoms with E-state index in [9.17, 15) is 25.5 Å². The summed E-state index contributed by atoms with van der Waals surface area (Å²) in [5, 5.41) is 53.2. The SMILES string of the molecule is C[C@@H]1CC[C@@]2(OC1)O[C@H]1C[C@H]3[C@@H]4CC[C@H]5C[C@@H](O)[C@@H](O)[C@@H](O[C@@H]6OC[C@H](O)[C@@H](O)[C@H]6O)[C@]5(C)[C@@H]4CC[C@@]3(C)[C@H]1[C@H]2C. The highest BCUT2D eigenvalue weighted by molar-refractivity contribution is 5.17. The van der Waals surface area contributed by atoms with Crippen LogP contribution < -0.4 is 0 Å². The molecule has 0 bridgehead atoms. The zero-order valence-electron chi connectivity index (χ0n) is 25.1. The summed E-state index contributed by atoms with van der Waals surface area (Å²) < 4.78 is 25.4. The topological polar surface area (TPSA) is 138 Å². The molecule has 3 aliphatic heterocycles. The summed E-state index contributed by atoms with van der Waals surface area (Å²) in [6.07, 6.45) is 0.0615. The molecular weight excluding hydrogens is 528 g/mol. The zero-order valence-corrected chi connectivity index (χ0v) is 25.1. The Hall–Kier alpha value is -0.360. The molecule has 7 fully saturated rings. The number of hydrogen-bond donors (Lipinski definition) is 5. The molecule has 5 N–H and O–H groups in total. The fourth-order valence-corrected chi connectivity index (χ4v) is 11.6. The Labute approximate surface area is 243 Å². The van der Waals surface area contributed by atoms with Crippen LogP contribution in [0.4, 0.5) is 0 Å². The van der Waals surface area contributed by atoms with Gasteiger partial charge < -0.3 is 44.5 Å². The van der Waals surface area contributed by atoms with Crippen LogP contribution in [0.3, 0.4) is 0 Å². The van der Waals surface area contributed by atoms with Gasteiger partial charge in [0.25, 0.3) is 0 Å². The quantitative estimate of drug-likeness (QED) is 0.333. The van der Waals surface area contributed by atoms with Gasteiger partial charge in [-0.05, 0) is 85.9 Å². The molecule has 7 rings (SSSR count). The molecule has 18 atom stereocenters. The van der Waals surface area contributed by atoms with E-state index in [1.54, 1.807) is 0 Å². The van der Waals surface area contributed by atoms with Gasteiger partial charge in [0.1, 0.15) is 24.4 Å². The minimum atomic E-state index is -1.44. The van der Waals surface area contributed by atoms with Crippen LogP contribution in [0, 0.1) is 52.3 Å². The van der Waals surface area contributed by atoms with E-state index < -0.39 is 54.1 Å². The number of hydrogen-bond acceptors (Lipinski definition) is 9. The van der Waals surface area contributed by atoms with E-state index in [-0.39, 0.29) is 30.0 Å². The van der Waals surface area contributed by atoms with Crippen LogP contribution in [0.5, 0.6) is 0 Å². The van der Waals surface area contributed by atoms with Crippen molar-refractivity contribution in [3.63, 3.8) is 0 Å². The second kappa shape index (κ2) is 10.1. The summed E-state index contributed by atoms with van der Waals surface area (Å²) in [6.45, 7) is 9.96. The Kier molecular flexibility index (Phi) is 7.21. The first-order valence-electron chi connectivity index (χ1n) is 16.4. The number of aliphatic hydroxyl groups excluding tert-OH is 5. The van der Waals surface area contributed by atoms with Crippen LogP contribution in [0.25, 0.3) is 0 Å². The second-order valence-electron chi connectivity index (χ2n) is 15.6. The van der Waals surface area contributed by atoms with E-state index in [0.717, 1.165) is 51.6 Å². The third-order valence-electron chi connectivity index (χ3n) is 13.8. The third-order valence-corrected chi connectivity index (χ3v) is 13.8. The fraction of sp³-hybridized carbons (Fsp3) is 1.00. The molecule has 9 nitrogen and oxygen atoms in total. The molecule has 0 unspecified atom stereocenters. The Morgan fingerprint density at radius 2 is 1.56 bits per heavy atom. The van der Waals surface area contributed by atoms with E-state index in [1.165, 1.54) is 0 Å². The molecule has 0 aromatic rings. The summed E-state index contributed by atoms with van der Waals surface area (Å²) >= 11 is 0. The van der Waals surface area contributed by atoms with Crippen LogP contribution in [0.2, 0.25) is 0 Å². The molecular formula is C32H52O9. The van der Waals surface area contributed by atoms with Gasteiger partial charge in [0.05, 0.1) is 31.5 Å². The van der Waals surface area contributed by atoms with Crippen molar-refractivity contribution in [1.29, 1.82) is 0 Å². The molecule has 9 heteroatoms. The normalized spacial score (nSPS) is 62.1. The molecule has 41 heavy (non-hydrogen) atoms. The zero-order chi connectivity index (χ0) is 29.1. The Morgan fingerprint density at radius 3 is 2.29 bits per heavy atom. The lowest BCUT2D eigenvalue weighted by Crippen LogP contribution is -2.66. The van der Waals surface area contributed by atoms with Crippen molar-refractivity contribution in [3.8, 4) is 0 Å². The van der Waals surface area contributed by atoms with Crippen molar-refractivity contribution in [3.05, 3.63) is 0 Å². The minimum absolute atomic E-state index is 0.161. The molecule has 0 radical (unpaired) electrons. The van der Waals surface area contributed by atoms with Crippen molar-refractivity contribution < 1.29 is 44.5 Å². The summed E-state index contributed by atoms with van der Waals surface area (Å²) in [5.74, 6) is 2.40. The van der Waals surface area contributed by atoms with Crippen LogP contribution in [-0.4, -0.2) is 93.6 Å². The molecule has 234 valence electrons. The lowest BCUT2D eigenvalue weighted by Gasteiger charge is -2.64. The molecule has 7 aliphatic rings. The summed E-state index contributed by atoms with van der Waals surface area (Å²) in [7, 11) is 0. The van der Waals surface area contributed by atoms with Gasteiger partial charge in [-0.3, -0.25) is 0 Å². The Morgan fingerprint density at radius 1 is 0.780 bits per heavy atom. The highest BCUT2D eigenvalue weighted by Gasteiger charge is 2.70. The van der Waals surface area contributed by atoms with Gasteiger partial charge in [-0.1, -0.05) is 27.7 Å². The van der Waals surface area contributed by atoms with E-state index in [4.69, 9.17) is 18.9 Å². The summed E-state index contributed by atoms with van der Waals surface area (Å²) in [5.41, 5.74) is -0.266. The van der Waals surface area contributed by atoms with Crippen molar-refractivity contribution in [2.45, 2.75) is 134 Å². The maximum absolute atomic E-state index is 11.4. The summed E-state index contributed by atoms with van der Waals surface area (Å²) in [4.78, 5) is 0. The molecule has 4 aliphatic carbocycles. The average molecular weight is 581 g/mol. The molecule has 3 saturated heterocycles. The highest BCUT2D eigenvalue weighted by atomic mass is 16.7. The minimum Gasteiger partial charge on any atom is -0.390 e. The first kappa shape index (κ1) is 29.4. The first-order chi connectivity index (χ1) is 19.4. The Bertz CT molecular complexity index is 986. The van der Waals surface area contributed by atoms with Crippen LogP contribution >= 0.6 is 0 Å². The third kappa shape index (κ3) is 4.13. The van der Waals surface area contributed by atoms with Gasteiger partial charge in [-0.15, -0.1) is 0 Å². The highest BCUT2D eigenvalue weighted by Crippen LogP contribution is 2.71. The van der Waals surface area contributed by atoms with Crippen molar-refractivity contribution >= 4 is 0 Å². The van der Waals surface area contributed by atoms with Gasteiger partial charge in [-0.2, -0.15) is 0 Å². The van der Waals surface area contributed by atoms with Gasteiger partial charge in [0.2, 0.25) is 0 Å². The van der Waals surface area contributed by atoms with Crippen LogP contribution in [0.1, 0.15) is 79.1 Å². The van der Waals surface area contributed by atoms with Gasteiger partial charge in [0, 0.05) is 17.8 Å². The fourth-order valence-electron chi connectivity index (χ4n) is 11.6. The van der Waals surface area contributed by atoms with E-state index in [0.29, 0.717) is 36.0 Å². The van der Waals surface area contributed by atoms with Crippen molar-refractivity contribution in [1.82, 2.24) is 0 Å². The predicted octanol–water partition coefficient (Wildman–Crippen LogP) is 2.20. The lowest BCUT2D eigenvalue weighted by atomic mass is 9.43. The maximum Gasteiger partial charge on any atom is 0.186 e.